The van der Waals surface area contributed by atoms with Crippen LogP contribution < -0.4 is 0 Å². The van der Waals surface area contributed by atoms with Crippen LogP contribution in [0.5, 0.6) is 0 Å². The molecular weight excluding hydrogens is 340 g/mol. The van der Waals surface area contributed by atoms with Crippen molar-refractivity contribution in [1.82, 2.24) is 19.9 Å². The number of benzene rings is 1. The number of likely N-dealkylation sites (tertiary alicyclic amines) is 1. The number of amides is 1. The van der Waals surface area contributed by atoms with Crippen molar-refractivity contribution in [2.75, 3.05) is 19.6 Å². The average molecular weight is 368 g/mol. The smallest absolute Gasteiger partial charge is 0.240 e. The molecule has 2 aromatic rings. The fourth-order valence-electron chi connectivity index (χ4n) is 4.15. The SMILES string of the molecule is CCCc1noc(CN2CCC(C(=O)N3CCc4ccccc4C3)CC2)n1. The van der Waals surface area contributed by atoms with Crippen molar-refractivity contribution in [3.8, 4) is 0 Å². The van der Waals surface area contributed by atoms with Crippen LogP contribution in [0.2, 0.25) is 0 Å². The highest BCUT2D eigenvalue weighted by Crippen LogP contribution is 2.25. The number of hydrogen-bond acceptors (Lipinski definition) is 5. The molecule has 0 spiro atoms. The van der Waals surface area contributed by atoms with E-state index in [1.165, 1.54) is 11.1 Å². The Hall–Kier alpha value is -2.21. The minimum Gasteiger partial charge on any atom is -0.338 e. The van der Waals surface area contributed by atoms with Crippen molar-refractivity contribution >= 4 is 5.91 Å². The zero-order chi connectivity index (χ0) is 18.6. The number of carbonyl (C=O) groups excluding carboxylic acids is 1. The number of aryl methyl sites for hydroxylation is 1. The lowest BCUT2D eigenvalue weighted by molar-refractivity contribution is -0.138. The van der Waals surface area contributed by atoms with Gasteiger partial charge in [0.05, 0.1) is 6.54 Å². The first kappa shape index (κ1) is 18.2. The number of carbonyl (C=O) groups is 1. The molecular formula is C21H28N4O2. The molecule has 0 unspecified atom stereocenters. The van der Waals surface area contributed by atoms with Crippen LogP contribution in [0.4, 0.5) is 0 Å². The second-order valence-corrected chi connectivity index (χ2v) is 7.68. The molecule has 144 valence electrons. The monoisotopic (exact) mass is 368 g/mol. The largest absolute Gasteiger partial charge is 0.338 e. The third-order valence-electron chi connectivity index (χ3n) is 5.72. The molecule has 27 heavy (non-hydrogen) atoms. The Morgan fingerprint density at radius 3 is 2.74 bits per heavy atom. The molecule has 0 bridgehead atoms. The third kappa shape index (κ3) is 4.21. The molecule has 1 aromatic heterocycles. The number of rotatable bonds is 5. The quantitative estimate of drug-likeness (QED) is 0.812. The first-order valence-electron chi connectivity index (χ1n) is 10.1. The molecule has 2 aliphatic rings. The molecule has 1 amide bonds. The zero-order valence-corrected chi connectivity index (χ0v) is 16.1. The van der Waals surface area contributed by atoms with Gasteiger partial charge in [-0.25, -0.2) is 0 Å². The Morgan fingerprint density at radius 1 is 1.19 bits per heavy atom. The average Bonchev–Trinajstić information content (AvgIpc) is 3.15. The summed E-state index contributed by atoms with van der Waals surface area (Å²) in [5, 5.41) is 4.02. The summed E-state index contributed by atoms with van der Waals surface area (Å²) in [4.78, 5) is 21.8. The van der Waals surface area contributed by atoms with E-state index in [-0.39, 0.29) is 5.92 Å². The van der Waals surface area contributed by atoms with E-state index < -0.39 is 0 Å². The van der Waals surface area contributed by atoms with E-state index in [1.54, 1.807) is 0 Å². The van der Waals surface area contributed by atoms with Gasteiger partial charge in [0, 0.05) is 25.4 Å². The van der Waals surface area contributed by atoms with Crippen LogP contribution in [0.3, 0.4) is 0 Å². The summed E-state index contributed by atoms with van der Waals surface area (Å²) >= 11 is 0. The van der Waals surface area contributed by atoms with Crippen LogP contribution >= 0.6 is 0 Å². The Kier molecular flexibility index (Phi) is 5.53. The van der Waals surface area contributed by atoms with Crippen molar-refractivity contribution in [2.45, 2.75) is 52.1 Å². The summed E-state index contributed by atoms with van der Waals surface area (Å²) < 4.78 is 5.34. The fourth-order valence-corrected chi connectivity index (χ4v) is 4.15. The summed E-state index contributed by atoms with van der Waals surface area (Å²) in [7, 11) is 0. The lowest BCUT2D eigenvalue weighted by atomic mass is 9.93. The number of fused-ring (bicyclic) bond motifs is 1. The van der Waals surface area contributed by atoms with Crippen molar-refractivity contribution in [3.05, 3.63) is 47.1 Å². The van der Waals surface area contributed by atoms with Crippen LogP contribution in [0.1, 0.15) is 49.0 Å². The maximum absolute atomic E-state index is 13.0. The van der Waals surface area contributed by atoms with Crippen molar-refractivity contribution < 1.29 is 9.32 Å². The van der Waals surface area contributed by atoms with E-state index in [1.807, 2.05) is 0 Å². The van der Waals surface area contributed by atoms with Gasteiger partial charge in [-0.15, -0.1) is 0 Å². The van der Waals surface area contributed by atoms with Crippen LogP contribution in [0.25, 0.3) is 0 Å². The number of piperidine rings is 1. The van der Waals surface area contributed by atoms with Gasteiger partial charge < -0.3 is 9.42 Å². The van der Waals surface area contributed by atoms with Gasteiger partial charge in [0.25, 0.3) is 0 Å². The predicted molar refractivity (Wildman–Crippen MR) is 102 cm³/mol. The van der Waals surface area contributed by atoms with Gasteiger partial charge in [0.1, 0.15) is 0 Å². The summed E-state index contributed by atoms with van der Waals surface area (Å²) in [5.41, 5.74) is 2.69. The van der Waals surface area contributed by atoms with E-state index >= 15 is 0 Å². The van der Waals surface area contributed by atoms with Gasteiger partial charge in [-0.3, -0.25) is 9.69 Å². The molecule has 3 heterocycles. The molecule has 0 N–H and O–H groups in total. The third-order valence-corrected chi connectivity index (χ3v) is 5.72. The molecule has 1 fully saturated rings. The van der Waals surface area contributed by atoms with Gasteiger partial charge in [-0.2, -0.15) is 4.98 Å². The van der Waals surface area contributed by atoms with Crippen molar-refractivity contribution in [1.29, 1.82) is 0 Å². The van der Waals surface area contributed by atoms with E-state index in [0.29, 0.717) is 18.3 Å². The Morgan fingerprint density at radius 2 is 1.96 bits per heavy atom. The van der Waals surface area contributed by atoms with E-state index in [9.17, 15) is 4.79 Å². The van der Waals surface area contributed by atoms with Crippen LogP contribution in [-0.4, -0.2) is 45.5 Å². The molecule has 1 aromatic carbocycles. The first-order valence-corrected chi connectivity index (χ1v) is 10.1. The zero-order valence-electron chi connectivity index (χ0n) is 16.1. The van der Waals surface area contributed by atoms with Gasteiger partial charge >= 0.3 is 0 Å². The number of aromatic nitrogens is 2. The Bertz CT molecular complexity index is 780. The second kappa shape index (κ2) is 8.21. The first-order chi connectivity index (χ1) is 13.2. The van der Waals surface area contributed by atoms with Crippen molar-refractivity contribution in [3.63, 3.8) is 0 Å². The maximum Gasteiger partial charge on any atom is 0.240 e. The normalized spacial score (nSPS) is 18.5. The lowest BCUT2D eigenvalue weighted by Gasteiger charge is -2.35. The molecule has 0 saturated carbocycles. The van der Waals surface area contributed by atoms with E-state index in [0.717, 1.165) is 64.1 Å². The van der Waals surface area contributed by atoms with Crippen LogP contribution in [-0.2, 0) is 30.7 Å². The minimum atomic E-state index is 0.143. The topological polar surface area (TPSA) is 62.5 Å². The second-order valence-electron chi connectivity index (χ2n) is 7.68. The van der Waals surface area contributed by atoms with Gasteiger partial charge in [0.15, 0.2) is 5.82 Å². The van der Waals surface area contributed by atoms with Gasteiger partial charge in [-0.05, 0) is 49.9 Å². The fraction of sp³-hybridized carbons (Fsp3) is 0.571. The van der Waals surface area contributed by atoms with Crippen molar-refractivity contribution in [2.24, 2.45) is 5.92 Å². The molecule has 2 aliphatic heterocycles. The van der Waals surface area contributed by atoms with Crippen LogP contribution in [0.15, 0.2) is 28.8 Å². The van der Waals surface area contributed by atoms with Crippen LogP contribution in [0, 0.1) is 5.92 Å². The summed E-state index contributed by atoms with van der Waals surface area (Å²) in [6.07, 6.45) is 4.67. The maximum atomic E-state index is 13.0. The summed E-state index contributed by atoms with van der Waals surface area (Å²) in [6.45, 7) is 6.22. The highest BCUT2D eigenvalue weighted by atomic mass is 16.5. The molecule has 4 rings (SSSR count). The molecule has 0 aliphatic carbocycles. The molecule has 0 atom stereocenters. The number of nitrogens with zero attached hydrogens (tertiary/aromatic N) is 4. The van der Waals surface area contributed by atoms with E-state index in [4.69, 9.17) is 4.52 Å². The standard InChI is InChI=1S/C21H28N4O2/c1-2-5-19-22-20(27-23-19)15-24-11-8-17(9-12-24)21(26)25-13-10-16-6-3-4-7-18(16)14-25/h3-4,6-7,17H,2,5,8-15H2,1H3. The predicted octanol–water partition coefficient (Wildman–Crippen LogP) is 2.82. The van der Waals surface area contributed by atoms with Gasteiger partial charge in [0.2, 0.25) is 11.8 Å². The Labute approximate surface area is 160 Å². The summed E-state index contributed by atoms with van der Waals surface area (Å²) in [6, 6.07) is 8.48. The summed E-state index contributed by atoms with van der Waals surface area (Å²) in [5.74, 6) is 1.95. The van der Waals surface area contributed by atoms with Gasteiger partial charge in [-0.1, -0.05) is 36.3 Å². The highest BCUT2D eigenvalue weighted by Gasteiger charge is 2.30. The molecule has 6 heteroatoms. The number of hydrogen-bond donors (Lipinski definition) is 0. The lowest BCUT2D eigenvalue weighted by Crippen LogP contribution is -2.44. The molecule has 0 radical (unpaired) electrons. The molecule has 1 saturated heterocycles. The highest BCUT2D eigenvalue weighted by molar-refractivity contribution is 5.79. The minimum absolute atomic E-state index is 0.143. The Balaban J connectivity index is 1.28. The molecule has 6 nitrogen and oxygen atoms in total. The van der Waals surface area contributed by atoms with E-state index in [2.05, 4.69) is 51.1 Å².